The Morgan fingerprint density at radius 2 is 1.52 bits per heavy atom. The Balaban J connectivity index is 1.28. The molecule has 1 saturated carbocycles. The molecule has 0 spiro atoms. The van der Waals surface area contributed by atoms with Crippen LogP contribution in [0.3, 0.4) is 0 Å². The van der Waals surface area contributed by atoms with Gasteiger partial charge in [-0.15, -0.1) is 0 Å². The van der Waals surface area contributed by atoms with E-state index < -0.39 is 5.97 Å². The van der Waals surface area contributed by atoms with Gasteiger partial charge in [0, 0.05) is 16.5 Å². The summed E-state index contributed by atoms with van der Waals surface area (Å²) in [5, 5.41) is 0.634. The lowest BCUT2D eigenvalue weighted by molar-refractivity contribution is -0.122. The maximum Gasteiger partial charge on any atom is 0.339 e. The van der Waals surface area contributed by atoms with Crippen LogP contribution in [0.1, 0.15) is 63.1 Å². The van der Waals surface area contributed by atoms with Gasteiger partial charge in [-0.1, -0.05) is 48.7 Å². The number of hydrogen-bond acceptors (Lipinski definition) is 6. The number of rotatable bonds is 6. The lowest BCUT2D eigenvalue weighted by atomic mass is 9.81. The number of hydrogen-bond donors (Lipinski definition) is 0. The third-order valence-electron chi connectivity index (χ3n) is 8.61. The number of pyridine rings is 1. The first kappa shape index (κ1) is 27.5. The molecular weight excluding hydrogens is 528 g/mol. The van der Waals surface area contributed by atoms with Gasteiger partial charge in [0.15, 0.2) is 12.4 Å². The van der Waals surface area contributed by atoms with Crippen LogP contribution in [0.5, 0.6) is 0 Å². The van der Waals surface area contributed by atoms with Gasteiger partial charge in [0.05, 0.1) is 34.3 Å². The van der Waals surface area contributed by atoms with Crippen LogP contribution in [-0.4, -0.2) is 35.2 Å². The summed E-state index contributed by atoms with van der Waals surface area (Å²) in [5.74, 6) is -1.55. The first-order valence-corrected chi connectivity index (χ1v) is 14.4. The molecule has 0 radical (unpaired) electrons. The predicted octanol–water partition coefficient (Wildman–Crippen LogP) is 6.55. The summed E-state index contributed by atoms with van der Waals surface area (Å²) in [7, 11) is 0. The standard InChI is InChI=1S/C35H32N2O5/c1-20-8-15-30-28(16-20)29(35(41)42-19-32(38)24-10-9-21(2)22(3)17-24)18-31(36-30)23-11-13-25(14-12-23)37-33(39)26-6-4-5-7-27(26)34(37)40/h8-18,26-27H,4-7,19H2,1-3H3/t26-,27+. The number of carbonyl (C=O) groups excluding carboxylic acids is 4. The van der Waals surface area contributed by atoms with Gasteiger partial charge in [-0.25, -0.2) is 9.78 Å². The van der Waals surface area contributed by atoms with Crippen LogP contribution >= 0.6 is 0 Å². The molecule has 0 N–H and O–H groups in total. The van der Waals surface area contributed by atoms with E-state index in [9.17, 15) is 19.2 Å². The number of fused-ring (bicyclic) bond motifs is 2. The number of aryl methyl sites for hydroxylation is 3. The van der Waals surface area contributed by atoms with Crippen molar-refractivity contribution in [2.75, 3.05) is 11.5 Å². The zero-order chi connectivity index (χ0) is 29.5. The topological polar surface area (TPSA) is 93.6 Å². The average molecular weight is 561 g/mol. The molecule has 2 fully saturated rings. The Kier molecular flexibility index (Phi) is 7.19. The molecule has 3 aromatic carbocycles. The SMILES string of the molecule is Cc1ccc2nc(-c3ccc(N4C(=O)[C@H]5CCCC[C@H]5C4=O)cc3)cc(C(=O)OCC(=O)c3ccc(C)c(C)c3)c2c1. The van der Waals surface area contributed by atoms with Crippen LogP contribution in [0, 0.1) is 32.6 Å². The number of ether oxygens (including phenoxy) is 1. The summed E-state index contributed by atoms with van der Waals surface area (Å²) in [6.45, 7) is 5.47. The second-order valence-electron chi connectivity index (χ2n) is 11.4. The van der Waals surface area contributed by atoms with Crippen LogP contribution in [0.2, 0.25) is 0 Å². The molecule has 2 heterocycles. The van der Waals surface area contributed by atoms with Gasteiger partial charge in [-0.05, 0) is 81.1 Å². The summed E-state index contributed by atoms with van der Waals surface area (Å²) in [4.78, 5) is 58.3. The molecule has 7 nitrogen and oxygen atoms in total. The Bertz CT molecular complexity index is 1730. The number of esters is 1. The van der Waals surface area contributed by atoms with Crippen LogP contribution in [0.4, 0.5) is 5.69 Å². The molecule has 1 aliphatic heterocycles. The number of carbonyl (C=O) groups is 4. The zero-order valence-corrected chi connectivity index (χ0v) is 24.0. The second kappa shape index (κ2) is 11.0. The van der Waals surface area contributed by atoms with Gasteiger partial charge in [0.1, 0.15) is 0 Å². The van der Waals surface area contributed by atoms with Gasteiger partial charge in [0.2, 0.25) is 11.8 Å². The lowest BCUT2D eigenvalue weighted by Gasteiger charge is -2.19. The molecule has 1 aliphatic carbocycles. The van der Waals surface area contributed by atoms with Crippen LogP contribution in [0.15, 0.2) is 66.7 Å². The highest BCUT2D eigenvalue weighted by molar-refractivity contribution is 6.22. The number of Topliss-reactive ketones (excluding diaryl/α,β-unsaturated/α-hetero) is 1. The summed E-state index contributed by atoms with van der Waals surface area (Å²) >= 11 is 0. The molecule has 42 heavy (non-hydrogen) atoms. The van der Waals surface area contributed by atoms with E-state index in [0.717, 1.165) is 47.9 Å². The maximum atomic E-state index is 13.4. The molecule has 0 bridgehead atoms. The normalized spacial score (nSPS) is 18.3. The summed E-state index contributed by atoms with van der Waals surface area (Å²) in [5.41, 5.74) is 6.27. The molecule has 1 saturated heterocycles. The van der Waals surface area contributed by atoms with Gasteiger partial charge >= 0.3 is 5.97 Å². The third kappa shape index (κ3) is 5.00. The number of benzene rings is 3. The minimum Gasteiger partial charge on any atom is -0.454 e. The van der Waals surface area contributed by atoms with Crippen molar-refractivity contribution in [3.05, 3.63) is 94.5 Å². The summed E-state index contributed by atoms with van der Waals surface area (Å²) in [6.07, 6.45) is 3.48. The fraction of sp³-hybridized carbons (Fsp3) is 0.286. The molecule has 2 aliphatic rings. The predicted molar refractivity (Wildman–Crippen MR) is 160 cm³/mol. The molecule has 7 heteroatoms. The zero-order valence-electron chi connectivity index (χ0n) is 24.0. The van der Waals surface area contributed by atoms with E-state index in [1.54, 1.807) is 42.5 Å². The molecule has 1 aromatic heterocycles. The van der Waals surface area contributed by atoms with Crippen LogP contribution < -0.4 is 4.90 Å². The molecule has 212 valence electrons. The van der Waals surface area contributed by atoms with Gasteiger partial charge in [-0.2, -0.15) is 0 Å². The van der Waals surface area contributed by atoms with E-state index in [1.165, 1.54) is 4.90 Å². The van der Waals surface area contributed by atoms with E-state index in [2.05, 4.69) is 0 Å². The van der Waals surface area contributed by atoms with Crippen LogP contribution in [-0.2, 0) is 14.3 Å². The lowest BCUT2D eigenvalue weighted by Crippen LogP contribution is -2.30. The molecule has 4 aromatic rings. The average Bonchev–Trinajstić information content (AvgIpc) is 3.26. The smallest absolute Gasteiger partial charge is 0.339 e. The Hall–Kier alpha value is -4.65. The largest absolute Gasteiger partial charge is 0.454 e. The first-order chi connectivity index (χ1) is 20.2. The fourth-order valence-electron chi connectivity index (χ4n) is 6.06. The number of nitrogens with zero attached hydrogens (tertiary/aromatic N) is 2. The van der Waals surface area contributed by atoms with Crippen molar-refractivity contribution in [1.29, 1.82) is 0 Å². The fourth-order valence-corrected chi connectivity index (χ4v) is 6.06. The minimum absolute atomic E-state index is 0.114. The Morgan fingerprint density at radius 3 is 2.19 bits per heavy atom. The molecule has 2 atom stereocenters. The van der Waals surface area contributed by atoms with E-state index in [1.807, 2.05) is 45.0 Å². The summed E-state index contributed by atoms with van der Waals surface area (Å²) in [6, 6.07) is 19.8. The number of amides is 2. The molecule has 6 rings (SSSR count). The molecular formula is C35H32N2O5. The van der Waals surface area contributed by atoms with Crippen molar-refractivity contribution < 1.29 is 23.9 Å². The summed E-state index contributed by atoms with van der Waals surface area (Å²) < 4.78 is 5.51. The van der Waals surface area contributed by atoms with Crippen molar-refractivity contribution >= 4 is 40.2 Å². The van der Waals surface area contributed by atoms with E-state index in [-0.39, 0.29) is 36.0 Å². The van der Waals surface area contributed by atoms with Crippen molar-refractivity contribution in [1.82, 2.24) is 4.98 Å². The highest BCUT2D eigenvalue weighted by Gasteiger charge is 2.48. The number of aromatic nitrogens is 1. The third-order valence-corrected chi connectivity index (χ3v) is 8.61. The minimum atomic E-state index is -0.612. The Labute approximate surface area is 244 Å². The van der Waals surface area contributed by atoms with Crippen LogP contribution in [0.25, 0.3) is 22.2 Å². The highest BCUT2D eigenvalue weighted by atomic mass is 16.5. The van der Waals surface area contributed by atoms with Gasteiger partial charge in [0.25, 0.3) is 0 Å². The van der Waals surface area contributed by atoms with E-state index in [4.69, 9.17) is 9.72 Å². The molecule has 2 amide bonds. The van der Waals surface area contributed by atoms with Crippen molar-refractivity contribution in [3.63, 3.8) is 0 Å². The quantitative estimate of drug-likeness (QED) is 0.151. The number of ketones is 1. The van der Waals surface area contributed by atoms with Crippen molar-refractivity contribution in [2.45, 2.75) is 46.5 Å². The number of anilines is 1. The molecule has 0 unspecified atom stereocenters. The highest BCUT2D eigenvalue weighted by Crippen LogP contribution is 2.40. The number of imide groups is 1. The van der Waals surface area contributed by atoms with Gasteiger partial charge in [-0.3, -0.25) is 19.3 Å². The van der Waals surface area contributed by atoms with E-state index >= 15 is 0 Å². The van der Waals surface area contributed by atoms with Gasteiger partial charge < -0.3 is 4.74 Å². The monoisotopic (exact) mass is 560 g/mol. The van der Waals surface area contributed by atoms with Crippen molar-refractivity contribution in [2.24, 2.45) is 11.8 Å². The maximum absolute atomic E-state index is 13.4. The van der Waals surface area contributed by atoms with E-state index in [0.29, 0.717) is 33.4 Å². The first-order valence-electron chi connectivity index (χ1n) is 14.4. The second-order valence-corrected chi connectivity index (χ2v) is 11.4. The van der Waals surface area contributed by atoms with Crippen molar-refractivity contribution in [3.8, 4) is 11.3 Å². The Morgan fingerprint density at radius 1 is 0.833 bits per heavy atom.